The number of rotatable bonds is 2. The molecule has 1 aromatic rings. The van der Waals surface area contributed by atoms with Crippen molar-refractivity contribution in [2.45, 2.75) is 30.5 Å². The summed E-state index contributed by atoms with van der Waals surface area (Å²) in [6.07, 6.45) is 0.779. The molecule has 1 fully saturated rings. The second kappa shape index (κ2) is 7.23. The number of ether oxygens (including phenoxy) is 1. The van der Waals surface area contributed by atoms with Gasteiger partial charge in [-0.15, -0.1) is 0 Å². The van der Waals surface area contributed by atoms with E-state index >= 15 is 0 Å². The lowest BCUT2D eigenvalue weighted by atomic mass is 9.95. The average Bonchev–Trinajstić information content (AvgIpc) is 2.84. The van der Waals surface area contributed by atoms with Gasteiger partial charge in [-0.3, -0.25) is 4.90 Å². The van der Waals surface area contributed by atoms with E-state index in [-0.39, 0.29) is 18.0 Å². The zero-order chi connectivity index (χ0) is 18.1. The third-order valence-electron chi connectivity index (χ3n) is 4.14. The van der Waals surface area contributed by atoms with Crippen LogP contribution in [0.4, 0.5) is 17.6 Å². The molecule has 1 saturated heterocycles. The lowest BCUT2D eigenvalue weighted by Crippen LogP contribution is -2.58. The number of alkyl halides is 3. The van der Waals surface area contributed by atoms with Gasteiger partial charge in [-0.2, -0.15) is 4.39 Å². The molecule has 0 spiro atoms. The van der Waals surface area contributed by atoms with E-state index in [1.165, 1.54) is 6.08 Å². The van der Waals surface area contributed by atoms with Gasteiger partial charge in [-0.05, 0) is 31.1 Å². The van der Waals surface area contributed by atoms with Gasteiger partial charge in [-0.25, -0.2) is 18.0 Å². The fourth-order valence-electron chi connectivity index (χ4n) is 2.84. The Balaban J connectivity index is 0.00000100. The number of fused-ring (bicyclic) bond motifs is 2. The van der Waals surface area contributed by atoms with E-state index in [0.29, 0.717) is 6.07 Å². The number of likely N-dealkylation sites (N-methyl/N-ethyl adjacent to an activating group) is 1. The highest BCUT2D eigenvalue weighted by atomic mass is 79.9. The maximum Gasteiger partial charge on any atom is 0.341 e. The molecule has 24 heavy (non-hydrogen) atoms. The smallest absolute Gasteiger partial charge is 0.341 e. The van der Waals surface area contributed by atoms with E-state index in [2.05, 4.69) is 20.7 Å². The molecule has 0 amide bonds. The molecule has 0 aliphatic carbocycles. The van der Waals surface area contributed by atoms with Gasteiger partial charge in [-0.1, -0.05) is 28.1 Å². The van der Waals surface area contributed by atoms with Crippen LogP contribution in [-0.2, 0) is 4.74 Å². The molecular formula is C16H16BrF4NO2. The van der Waals surface area contributed by atoms with E-state index in [1.54, 1.807) is 18.0 Å². The number of carbonyl (C=O) groups excluding carboxylic acids is 1. The van der Waals surface area contributed by atoms with Crippen LogP contribution in [0.15, 0.2) is 30.4 Å². The Bertz CT molecular complexity index is 657. The normalized spacial score (nSPS) is 31.4. The van der Waals surface area contributed by atoms with Crippen LogP contribution in [0.1, 0.15) is 16.8 Å². The molecule has 2 aliphatic heterocycles. The van der Waals surface area contributed by atoms with Gasteiger partial charge in [0.25, 0.3) is 5.85 Å². The Hall–Kier alpha value is -1.41. The van der Waals surface area contributed by atoms with Gasteiger partial charge in [0.2, 0.25) is 0 Å². The van der Waals surface area contributed by atoms with Crippen molar-refractivity contribution in [3.63, 3.8) is 0 Å². The van der Waals surface area contributed by atoms with E-state index in [1.807, 2.05) is 5.83 Å². The monoisotopic (exact) mass is 409 g/mol. The molecule has 8 heteroatoms. The molecule has 0 aromatic heterocycles. The Morgan fingerprint density at radius 2 is 1.96 bits per heavy atom. The fraction of sp³-hybridized carbons (Fsp3) is 0.438. The van der Waals surface area contributed by atoms with Crippen LogP contribution in [0.2, 0.25) is 0 Å². The number of esters is 1. The van der Waals surface area contributed by atoms with E-state index in [0.717, 1.165) is 12.1 Å². The van der Waals surface area contributed by atoms with Crippen molar-refractivity contribution in [3.8, 4) is 0 Å². The fourth-order valence-corrected chi connectivity index (χ4v) is 2.84. The topological polar surface area (TPSA) is 29.5 Å². The third kappa shape index (κ3) is 3.35. The van der Waals surface area contributed by atoms with Crippen LogP contribution in [-0.4, -0.2) is 47.9 Å². The van der Waals surface area contributed by atoms with Crippen LogP contribution in [0.3, 0.4) is 0 Å². The molecule has 132 valence electrons. The van der Waals surface area contributed by atoms with E-state index in [4.69, 9.17) is 0 Å². The first kappa shape index (κ1) is 18.9. The molecule has 2 heterocycles. The quantitative estimate of drug-likeness (QED) is 0.322. The SMILES string of the molecule is CBr.CN1C2C=CC1C(F)[C@](F)(OC(=O)c1ccc(F)c(F)c1)C2. The predicted octanol–water partition coefficient (Wildman–Crippen LogP) is 3.78. The lowest BCUT2D eigenvalue weighted by Gasteiger charge is -2.42. The largest absolute Gasteiger partial charge is 0.421 e. The second-order valence-corrected chi connectivity index (χ2v) is 5.52. The van der Waals surface area contributed by atoms with Gasteiger partial charge in [0.15, 0.2) is 17.8 Å². The van der Waals surface area contributed by atoms with Gasteiger partial charge in [0.05, 0.1) is 11.6 Å². The summed E-state index contributed by atoms with van der Waals surface area (Å²) in [6.45, 7) is 0. The first-order chi connectivity index (χ1) is 11.3. The number of piperidine rings is 1. The molecular weight excluding hydrogens is 394 g/mol. The van der Waals surface area contributed by atoms with Gasteiger partial charge in [0.1, 0.15) is 0 Å². The molecule has 2 aliphatic rings. The number of hydrogen-bond acceptors (Lipinski definition) is 3. The highest BCUT2D eigenvalue weighted by Crippen LogP contribution is 2.41. The Labute approximate surface area is 145 Å². The van der Waals surface area contributed by atoms with Crippen LogP contribution in [0.5, 0.6) is 0 Å². The summed E-state index contributed by atoms with van der Waals surface area (Å²) in [5.41, 5.74) is -0.373. The van der Waals surface area contributed by atoms with Gasteiger partial charge in [0, 0.05) is 12.5 Å². The molecule has 0 saturated carbocycles. The molecule has 3 rings (SSSR count). The molecule has 0 N–H and O–H groups in total. The van der Waals surface area contributed by atoms with Crippen molar-refractivity contribution in [2.75, 3.05) is 12.9 Å². The Morgan fingerprint density at radius 3 is 2.58 bits per heavy atom. The predicted molar refractivity (Wildman–Crippen MR) is 84.5 cm³/mol. The highest BCUT2D eigenvalue weighted by molar-refractivity contribution is 9.08. The lowest BCUT2D eigenvalue weighted by molar-refractivity contribution is -0.190. The molecule has 3 nitrogen and oxygen atoms in total. The highest BCUT2D eigenvalue weighted by Gasteiger charge is 2.56. The van der Waals surface area contributed by atoms with Crippen LogP contribution in [0, 0.1) is 11.6 Å². The van der Waals surface area contributed by atoms with Crippen LogP contribution < -0.4 is 0 Å². The van der Waals surface area contributed by atoms with E-state index in [9.17, 15) is 22.4 Å². The molecule has 1 aromatic carbocycles. The number of nitrogens with zero attached hydrogens (tertiary/aromatic N) is 1. The van der Waals surface area contributed by atoms with Crippen molar-refractivity contribution < 1.29 is 27.1 Å². The summed E-state index contributed by atoms with van der Waals surface area (Å²) in [7, 11) is 1.65. The van der Waals surface area contributed by atoms with Crippen LogP contribution in [0.25, 0.3) is 0 Å². The summed E-state index contributed by atoms with van der Waals surface area (Å²) in [5.74, 6) is -4.62. The Kier molecular flexibility index (Phi) is 5.70. The summed E-state index contributed by atoms with van der Waals surface area (Å²) in [5, 5.41) is 0. The minimum atomic E-state index is -2.80. The summed E-state index contributed by atoms with van der Waals surface area (Å²) in [4.78, 5) is 13.5. The van der Waals surface area contributed by atoms with Crippen molar-refractivity contribution in [1.29, 1.82) is 0 Å². The number of benzene rings is 1. The zero-order valence-corrected chi connectivity index (χ0v) is 14.6. The number of halogens is 5. The minimum Gasteiger partial charge on any atom is -0.421 e. The van der Waals surface area contributed by atoms with Gasteiger partial charge >= 0.3 is 5.97 Å². The Morgan fingerprint density at radius 1 is 1.29 bits per heavy atom. The summed E-state index contributed by atoms with van der Waals surface area (Å²) >= 11 is 2.94. The molecule has 3 unspecified atom stereocenters. The number of carbonyl (C=O) groups is 1. The molecule has 2 bridgehead atoms. The molecule has 4 atom stereocenters. The second-order valence-electron chi connectivity index (χ2n) is 5.52. The minimum absolute atomic E-state index is 0.354. The molecule has 0 radical (unpaired) electrons. The average molecular weight is 410 g/mol. The maximum atomic E-state index is 14.7. The first-order valence-corrected chi connectivity index (χ1v) is 8.70. The van der Waals surface area contributed by atoms with Crippen molar-refractivity contribution >= 4 is 21.9 Å². The summed E-state index contributed by atoms with van der Waals surface area (Å²) in [6, 6.07) is 1.08. The number of hydrogen-bond donors (Lipinski definition) is 0. The maximum absolute atomic E-state index is 14.7. The van der Waals surface area contributed by atoms with Crippen molar-refractivity contribution in [1.82, 2.24) is 4.90 Å². The third-order valence-corrected chi connectivity index (χ3v) is 4.14. The van der Waals surface area contributed by atoms with Crippen molar-refractivity contribution in [2.24, 2.45) is 0 Å². The summed E-state index contributed by atoms with van der Waals surface area (Å²) < 4.78 is 59.7. The van der Waals surface area contributed by atoms with E-state index < -0.39 is 35.7 Å². The van der Waals surface area contributed by atoms with Crippen LogP contribution >= 0.6 is 15.9 Å². The zero-order valence-electron chi connectivity index (χ0n) is 13.0. The standard InChI is InChI=1S/C15H13F4NO2.CH3Br/c1-20-9-3-5-12(20)13(18)15(19,7-9)22-14(21)8-2-4-10(16)11(17)6-8;1-2/h2-6,9,12-13H,7H2,1H3;1H3/t9?,12?,13?,15-;/m1./s1. The van der Waals surface area contributed by atoms with Crippen molar-refractivity contribution in [3.05, 3.63) is 47.5 Å². The van der Waals surface area contributed by atoms with Gasteiger partial charge < -0.3 is 4.74 Å². The first-order valence-electron chi connectivity index (χ1n) is 7.11.